The molecule has 3 amide bonds. The summed E-state index contributed by atoms with van der Waals surface area (Å²) in [4.78, 5) is 30.0. The summed E-state index contributed by atoms with van der Waals surface area (Å²) < 4.78 is 40.6. The molecule has 1 N–H and O–H groups in total. The summed E-state index contributed by atoms with van der Waals surface area (Å²) in [5, 5.41) is 0. The van der Waals surface area contributed by atoms with E-state index in [0.717, 1.165) is 12.1 Å². The Balaban J connectivity index is 1.48. The van der Waals surface area contributed by atoms with Crippen molar-refractivity contribution in [1.82, 2.24) is 19.4 Å². The van der Waals surface area contributed by atoms with Crippen LogP contribution in [0.2, 0.25) is 0 Å². The maximum Gasteiger partial charge on any atom is 0.319 e. The molecule has 2 saturated heterocycles. The number of piperidine rings is 2. The van der Waals surface area contributed by atoms with Gasteiger partial charge in [0.25, 0.3) is 0 Å². The molecular weight excluding hydrogens is 411 g/mol. The number of benzene rings is 1. The third-order valence-corrected chi connectivity index (χ3v) is 7.29. The smallest absolute Gasteiger partial charge is 0.319 e. The Bertz CT molecular complexity index is 859. The lowest BCUT2D eigenvalue weighted by molar-refractivity contribution is -0.138. The van der Waals surface area contributed by atoms with Gasteiger partial charge in [-0.05, 0) is 49.9 Å². The monoisotopic (exact) mass is 440 g/mol. The molecule has 30 heavy (non-hydrogen) atoms. The first-order valence-corrected chi connectivity index (χ1v) is 11.7. The number of carbonyl (C=O) groups is 2. The van der Waals surface area contributed by atoms with Crippen LogP contribution in [-0.4, -0.2) is 81.4 Å². The van der Waals surface area contributed by atoms with Crippen molar-refractivity contribution in [2.45, 2.75) is 36.6 Å². The van der Waals surface area contributed by atoms with Gasteiger partial charge in [0, 0.05) is 52.2 Å². The van der Waals surface area contributed by atoms with Gasteiger partial charge in [-0.1, -0.05) is 0 Å². The van der Waals surface area contributed by atoms with Gasteiger partial charge in [0.1, 0.15) is 5.82 Å². The second-order valence-corrected chi connectivity index (χ2v) is 9.83. The Morgan fingerprint density at radius 1 is 0.967 bits per heavy atom. The molecule has 1 aromatic rings. The molecular formula is C20H29FN4O4S. The van der Waals surface area contributed by atoms with Gasteiger partial charge < -0.3 is 14.7 Å². The molecule has 0 bridgehead atoms. The summed E-state index contributed by atoms with van der Waals surface area (Å²) >= 11 is 0. The van der Waals surface area contributed by atoms with Crippen LogP contribution in [0.15, 0.2) is 29.2 Å². The second kappa shape index (κ2) is 9.30. The molecule has 0 saturated carbocycles. The minimum absolute atomic E-state index is 0.0291. The van der Waals surface area contributed by atoms with Crippen molar-refractivity contribution in [1.29, 1.82) is 0 Å². The van der Waals surface area contributed by atoms with Gasteiger partial charge in [0.2, 0.25) is 15.9 Å². The molecule has 0 aromatic heterocycles. The summed E-state index contributed by atoms with van der Waals surface area (Å²) in [5.74, 6) is -0.492. The van der Waals surface area contributed by atoms with Crippen LogP contribution in [0.4, 0.5) is 9.18 Å². The number of hydrogen-bond donors (Lipinski definition) is 1. The van der Waals surface area contributed by atoms with Crippen LogP contribution in [0.3, 0.4) is 0 Å². The summed E-state index contributed by atoms with van der Waals surface area (Å²) in [7, 11) is -0.285. The fourth-order valence-corrected chi connectivity index (χ4v) is 5.28. The molecule has 3 rings (SSSR count). The predicted molar refractivity (Wildman–Crippen MR) is 110 cm³/mol. The van der Waals surface area contributed by atoms with Gasteiger partial charge in [0.15, 0.2) is 0 Å². The van der Waals surface area contributed by atoms with Crippen molar-refractivity contribution in [2.75, 3.05) is 40.3 Å². The Morgan fingerprint density at radius 3 is 2.03 bits per heavy atom. The van der Waals surface area contributed by atoms with Gasteiger partial charge in [-0.3, -0.25) is 4.79 Å². The number of nitrogens with one attached hydrogen (secondary N) is 1. The molecule has 2 aliphatic rings. The fraction of sp³-hybridized carbons (Fsp3) is 0.600. The van der Waals surface area contributed by atoms with E-state index in [2.05, 4.69) is 4.72 Å². The van der Waals surface area contributed by atoms with Gasteiger partial charge in [-0.15, -0.1) is 0 Å². The number of nitrogens with zero attached hydrogens (tertiary/aromatic N) is 3. The van der Waals surface area contributed by atoms with E-state index in [4.69, 9.17) is 0 Å². The van der Waals surface area contributed by atoms with Crippen LogP contribution in [0.1, 0.15) is 25.7 Å². The standard InChI is InChI=1S/C20H29FN4O4S/c1-23(2)20(27)25-11-7-15(8-12-25)19(26)24-13-9-17(10-14-24)22-30(28,29)18-5-3-16(21)4-6-18/h3-6,15,17,22H,7-14H2,1-2H3. The molecule has 2 fully saturated rings. The molecule has 0 atom stereocenters. The van der Waals surface area contributed by atoms with Crippen LogP contribution in [-0.2, 0) is 14.8 Å². The first-order valence-electron chi connectivity index (χ1n) is 10.2. The molecule has 166 valence electrons. The molecule has 0 aliphatic carbocycles. The largest absolute Gasteiger partial charge is 0.342 e. The highest BCUT2D eigenvalue weighted by Crippen LogP contribution is 2.23. The minimum atomic E-state index is -3.72. The van der Waals surface area contributed by atoms with Crippen molar-refractivity contribution in [3.8, 4) is 0 Å². The number of halogens is 1. The molecule has 1 aromatic carbocycles. The number of likely N-dealkylation sites (tertiary alicyclic amines) is 2. The van der Waals surface area contributed by atoms with Crippen molar-refractivity contribution < 1.29 is 22.4 Å². The Hall–Kier alpha value is -2.20. The Morgan fingerprint density at radius 2 is 1.50 bits per heavy atom. The normalized spacial score (nSPS) is 19.0. The zero-order valence-electron chi connectivity index (χ0n) is 17.4. The molecule has 2 heterocycles. The highest BCUT2D eigenvalue weighted by Gasteiger charge is 2.33. The lowest BCUT2D eigenvalue weighted by Gasteiger charge is -2.37. The third kappa shape index (κ3) is 5.28. The minimum Gasteiger partial charge on any atom is -0.342 e. The van der Waals surface area contributed by atoms with E-state index in [1.165, 1.54) is 12.1 Å². The lowest BCUT2D eigenvalue weighted by Crippen LogP contribution is -2.50. The van der Waals surface area contributed by atoms with E-state index in [1.54, 1.807) is 28.8 Å². The number of urea groups is 1. The first-order chi connectivity index (χ1) is 14.2. The van der Waals surface area contributed by atoms with E-state index < -0.39 is 15.8 Å². The fourth-order valence-electron chi connectivity index (χ4n) is 3.98. The summed E-state index contributed by atoms with van der Waals surface area (Å²) in [5.41, 5.74) is 0. The molecule has 0 spiro atoms. The van der Waals surface area contributed by atoms with Gasteiger partial charge in [-0.25, -0.2) is 22.3 Å². The predicted octanol–water partition coefficient (Wildman–Crippen LogP) is 1.49. The van der Waals surface area contributed by atoms with Crippen LogP contribution in [0.5, 0.6) is 0 Å². The summed E-state index contributed by atoms with van der Waals surface area (Å²) in [6.45, 7) is 2.13. The van der Waals surface area contributed by atoms with E-state index in [-0.39, 0.29) is 28.8 Å². The van der Waals surface area contributed by atoms with Gasteiger partial charge in [0.05, 0.1) is 4.90 Å². The van der Waals surface area contributed by atoms with E-state index in [0.29, 0.717) is 51.9 Å². The Kier molecular flexibility index (Phi) is 6.97. The first kappa shape index (κ1) is 22.5. The number of sulfonamides is 1. The van der Waals surface area contributed by atoms with E-state index in [1.807, 2.05) is 0 Å². The van der Waals surface area contributed by atoms with E-state index >= 15 is 0 Å². The third-order valence-electron chi connectivity index (χ3n) is 5.75. The zero-order chi connectivity index (χ0) is 21.9. The van der Waals surface area contributed by atoms with Crippen LogP contribution in [0, 0.1) is 11.7 Å². The van der Waals surface area contributed by atoms with Gasteiger partial charge in [-0.2, -0.15) is 0 Å². The highest BCUT2D eigenvalue weighted by molar-refractivity contribution is 7.89. The van der Waals surface area contributed by atoms with Gasteiger partial charge >= 0.3 is 6.03 Å². The van der Waals surface area contributed by atoms with Crippen LogP contribution < -0.4 is 4.72 Å². The average molecular weight is 441 g/mol. The lowest BCUT2D eigenvalue weighted by atomic mass is 9.94. The van der Waals surface area contributed by atoms with Crippen LogP contribution >= 0.6 is 0 Å². The average Bonchev–Trinajstić information content (AvgIpc) is 2.73. The highest BCUT2D eigenvalue weighted by atomic mass is 32.2. The number of amides is 3. The maximum absolute atomic E-state index is 13.0. The Labute approximate surface area is 177 Å². The number of rotatable bonds is 4. The SMILES string of the molecule is CN(C)C(=O)N1CCC(C(=O)N2CCC(NS(=O)(=O)c3ccc(F)cc3)CC2)CC1. The van der Waals surface area contributed by atoms with E-state index in [9.17, 15) is 22.4 Å². The molecule has 10 heteroatoms. The van der Waals surface area contributed by atoms with Crippen molar-refractivity contribution >= 4 is 22.0 Å². The summed E-state index contributed by atoms with van der Waals surface area (Å²) in [6.07, 6.45) is 2.36. The summed E-state index contributed by atoms with van der Waals surface area (Å²) in [6, 6.07) is 4.42. The molecule has 0 radical (unpaired) electrons. The number of hydrogen-bond acceptors (Lipinski definition) is 4. The van der Waals surface area contributed by atoms with Crippen molar-refractivity contribution in [3.05, 3.63) is 30.1 Å². The van der Waals surface area contributed by atoms with Crippen molar-refractivity contribution in [2.24, 2.45) is 5.92 Å². The molecule has 2 aliphatic heterocycles. The number of carbonyl (C=O) groups excluding carboxylic acids is 2. The molecule has 0 unspecified atom stereocenters. The topological polar surface area (TPSA) is 90.0 Å². The second-order valence-electron chi connectivity index (χ2n) is 8.11. The zero-order valence-corrected chi connectivity index (χ0v) is 18.2. The quantitative estimate of drug-likeness (QED) is 0.768. The van der Waals surface area contributed by atoms with Crippen molar-refractivity contribution in [3.63, 3.8) is 0 Å². The van der Waals surface area contributed by atoms with Crippen LogP contribution in [0.25, 0.3) is 0 Å². The maximum atomic E-state index is 13.0. The molecule has 8 nitrogen and oxygen atoms in total.